The molecule has 2 aromatic rings. The lowest BCUT2D eigenvalue weighted by Gasteiger charge is -1.94. The van der Waals surface area contributed by atoms with Crippen LogP contribution in [0.25, 0.3) is 16.2 Å². The zero-order valence-electron chi connectivity index (χ0n) is 6.94. The Hall–Kier alpha value is -1.41. The van der Waals surface area contributed by atoms with Gasteiger partial charge in [0, 0.05) is 4.70 Å². The predicted octanol–water partition coefficient (Wildman–Crippen LogP) is 3.11. The van der Waals surface area contributed by atoms with E-state index in [1.165, 1.54) is 16.2 Å². The van der Waals surface area contributed by atoms with Gasteiger partial charge in [0.15, 0.2) is 0 Å². The fourth-order valence-electron chi connectivity index (χ4n) is 1.31. The highest BCUT2D eigenvalue weighted by Crippen LogP contribution is 2.24. The Morgan fingerprint density at radius 3 is 3.00 bits per heavy atom. The molecule has 2 heteroatoms. The number of carbonyl (C=O) groups is 1. The summed E-state index contributed by atoms with van der Waals surface area (Å²) < 4.78 is 1.26. The predicted molar refractivity (Wildman–Crippen MR) is 56.9 cm³/mol. The summed E-state index contributed by atoms with van der Waals surface area (Å²) in [6, 6.07) is 8.17. The van der Waals surface area contributed by atoms with E-state index >= 15 is 0 Å². The third-order valence-electron chi connectivity index (χ3n) is 1.88. The SMILES string of the molecule is O=C/C=C/c1cccc2sccc12. The van der Waals surface area contributed by atoms with Gasteiger partial charge in [-0.05, 0) is 34.5 Å². The van der Waals surface area contributed by atoms with Crippen molar-refractivity contribution < 1.29 is 4.79 Å². The maximum absolute atomic E-state index is 10.2. The third-order valence-corrected chi connectivity index (χ3v) is 2.77. The molecule has 1 heterocycles. The van der Waals surface area contributed by atoms with Crippen molar-refractivity contribution in [2.24, 2.45) is 0 Å². The second-order valence-corrected chi connectivity index (χ2v) is 3.62. The topological polar surface area (TPSA) is 17.1 Å². The van der Waals surface area contributed by atoms with Crippen LogP contribution < -0.4 is 0 Å². The summed E-state index contributed by atoms with van der Waals surface area (Å²) in [6.45, 7) is 0. The van der Waals surface area contributed by atoms with E-state index in [9.17, 15) is 4.79 Å². The average Bonchev–Trinajstić information content (AvgIpc) is 2.62. The molecular formula is C11H8OS. The van der Waals surface area contributed by atoms with Gasteiger partial charge in [0.25, 0.3) is 0 Å². The van der Waals surface area contributed by atoms with Crippen molar-refractivity contribution in [2.75, 3.05) is 0 Å². The van der Waals surface area contributed by atoms with Gasteiger partial charge >= 0.3 is 0 Å². The number of carbonyl (C=O) groups excluding carboxylic acids is 1. The monoisotopic (exact) mass is 188 g/mol. The van der Waals surface area contributed by atoms with Crippen molar-refractivity contribution in [3.8, 4) is 0 Å². The summed E-state index contributed by atoms with van der Waals surface area (Å²) >= 11 is 1.71. The van der Waals surface area contributed by atoms with E-state index in [-0.39, 0.29) is 0 Å². The molecule has 1 aromatic carbocycles. The van der Waals surface area contributed by atoms with Crippen molar-refractivity contribution in [3.63, 3.8) is 0 Å². The number of rotatable bonds is 2. The molecule has 2 rings (SSSR count). The maximum Gasteiger partial charge on any atom is 0.142 e. The molecule has 0 atom stereocenters. The molecular weight excluding hydrogens is 180 g/mol. The Bertz CT molecular complexity index is 454. The minimum absolute atomic E-state index is 0.797. The highest BCUT2D eigenvalue weighted by Gasteiger charge is 1.97. The molecule has 0 aliphatic carbocycles. The van der Waals surface area contributed by atoms with Crippen LogP contribution in [0.5, 0.6) is 0 Å². The largest absolute Gasteiger partial charge is 0.299 e. The average molecular weight is 188 g/mol. The minimum atomic E-state index is 0.797. The highest BCUT2D eigenvalue weighted by atomic mass is 32.1. The van der Waals surface area contributed by atoms with Crippen LogP contribution in [0.2, 0.25) is 0 Å². The third kappa shape index (κ3) is 1.53. The van der Waals surface area contributed by atoms with Gasteiger partial charge < -0.3 is 0 Å². The Morgan fingerprint density at radius 2 is 2.15 bits per heavy atom. The van der Waals surface area contributed by atoms with Crippen molar-refractivity contribution in [1.29, 1.82) is 0 Å². The standard InChI is InChI=1S/C11H8OS/c12-7-2-4-9-3-1-5-11-10(9)6-8-13-11/h1-8H/b4-2+. The van der Waals surface area contributed by atoms with Crippen LogP contribution in [0.3, 0.4) is 0 Å². The smallest absolute Gasteiger partial charge is 0.142 e. The van der Waals surface area contributed by atoms with E-state index in [4.69, 9.17) is 0 Å². The van der Waals surface area contributed by atoms with Gasteiger partial charge in [-0.2, -0.15) is 0 Å². The Labute approximate surface area is 80.3 Å². The fraction of sp³-hybridized carbons (Fsp3) is 0. The molecule has 1 aromatic heterocycles. The Morgan fingerprint density at radius 1 is 1.23 bits per heavy atom. The zero-order valence-corrected chi connectivity index (χ0v) is 7.75. The molecule has 0 bridgehead atoms. The molecule has 0 unspecified atom stereocenters. The molecule has 0 amide bonds. The lowest BCUT2D eigenvalue weighted by Crippen LogP contribution is -1.72. The lowest BCUT2D eigenvalue weighted by atomic mass is 10.1. The van der Waals surface area contributed by atoms with Crippen LogP contribution in [-0.2, 0) is 4.79 Å². The summed E-state index contributed by atoms with van der Waals surface area (Å²) in [7, 11) is 0. The van der Waals surface area contributed by atoms with Gasteiger partial charge in [-0.15, -0.1) is 11.3 Å². The van der Waals surface area contributed by atoms with Crippen molar-refractivity contribution >= 4 is 33.8 Å². The fourth-order valence-corrected chi connectivity index (χ4v) is 2.13. The van der Waals surface area contributed by atoms with Crippen molar-refractivity contribution in [2.45, 2.75) is 0 Å². The summed E-state index contributed by atoms with van der Waals surface area (Å²) in [5.41, 5.74) is 1.10. The molecule has 64 valence electrons. The van der Waals surface area contributed by atoms with E-state index in [0.717, 1.165) is 11.8 Å². The van der Waals surface area contributed by atoms with Crippen LogP contribution in [0.15, 0.2) is 35.7 Å². The molecule has 0 N–H and O–H groups in total. The van der Waals surface area contributed by atoms with Gasteiger partial charge in [0.05, 0.1) is 0 Å². The van der Waals surface area contributed by atoms with E-state index < -0.39 is 0 Å². The van der Waals surface area contributed by atoms with Crippen molar-refractivity contribution in [1.82, 2.24) is 0 Å². The first kappa shape index (κ1) is 8.20. The van der Waals surface area contributed by atoms with Gasteiger partial charge in [-0.3, -0.25) is 4.79 Å². The van der Waals surface area contributed by atoms with E-state index in [1.807, 2.05) is 18.2 Å². The number of benzene rings is 1. The molecule has 0 aliphatic heterocycles. The van der Waals surface area contributed by atoms with Gasteiger partial charge in [0.2, 0.25) is 0 Å². The van der Waals surface area contributed by atoms with Gasteiger partial charge in [-0.1, -0.05) is 18.2 Å². The quantitative estimate of drug-likeness (QED) is 0.522. The van der Waals surface area contributed by atoms with Gasteiger partial charge in [-0.25, -0.2) is 0 Å². The van der Waals surface area contributed by atoms with Gasteiger partial charge in [0.1, 0.15) is 6.29 Å². The first-order chi connectivity index (χ1) is 6.42. The van der Waals surface area contributed by atoms with E-state index in [0.29, 0.717) is 0 Å². The second kappa shape index (κ2) is 3.54. The summed E-state index contributed by atoms with van der Waals surface area (Å²) in [4.78, 5) is 10.2. The molecule has 13 heavy (non-hydrogen) atoms. The summed E-state index contributed by atoms with van der Waals surface area (Å²) in [5, 5.41) is 3.27. The number of thiophene rings is 1. The van der Waals surface area contributed by atoms with Crippen LogP contribution >= 0.6 is 11.3 Å². The summed E-state index contributed by atoms with van der Waals surface area (Å²) in [6.07, 6.45) is 4.15. The second-order valence-electron chi connectivity index (χ2n) is 2.67. The van der Waals surface area contributed by atoms with Crippen LogP contribution in [0.4, 0.5) is 0 Å². The van der Waals surface area contributed by atoms with Crippen LogP contribution in [0, 0.1) is 0 Å². The Balaban J connectivity index is 2.60. The maximum atomic E-state index is 10.2. The van der Waals surface area contributed by atoms with E-state index in [1.54, 1.807) is 11.3 Å². The first-order valence-corrected chi connectivity index (χ1v) is 4.88. The zero-order chi connectivity index (χ0) is 9.10. The summed E-state index contributed by atoms with van der Waals surface area (Å²) in [5.74, 6) is 0. The van der Waals surface area contributed by atoms with Crippen LogP contribution in [-0.4, -0.2) is 6.29 Å². The van der Waals surface area contributed by atoms with E-state index in [2.05, 4.69) is 17.5 Å². The number of hydrogen-bond donors (Lipinski definition) is 0. The minimum Gasteiger partial charge on any atom is -0.299 e. The molecule has 0 spiro atoms. The van der Waals surface area contributed by atoms with Crippen molar-refractivity contribution in [3.05, 3.63) is 41.3 Å². The molecule has 0 saturated heterocycles. The molecule has 0 radical (unpaired) electrons. The molecule has 1 nitrogen and oxygen atoms in total. The molecule has 0 saturated carbocycles. The first-order valence-electron chi connectivity index (χ1n) is 4.00. The normalized spacial score (nSPS) is 11.1. The number of aldehydes is 1. The highest BCUT2D eigenvalue weighted by molar-refractivity contribution is 7.17. The lowest BCUT2D eigenvalue weighted by molar-refractivity contribution is -0.104. The molecule has 0 fully saturated rings. The number of allylic oxidation sites excluding steroid dienone is 1. The molecule has 0 aliphatic rings. The number of fused-ring (bicyclic) bond motifs is 1. The Kier molecular flexibility index (Phi) is 2.23. The number of hydrogen-bond acceptors (Lipinski definition) is 2. The van der Waals surface area contributed by atoms with Crippen LogP contribution in [0.1, 0.15) is 5.56 Å².